The van der Waals surface area contributed by atoms with Gasteiger partial charge in [0.1, 0.15) is 18.1 Å². The summed E-state index contributed by atoms with van der Waals surface area (Å²) in [6.45, 7) is 0.643. The van der Waals surface area contributed by atoms with Crippen molar-refractivity contribution in [1.82, 2.24) is 19.5 Å². The van der Waals surface area contributed by atoms with Crippen LogP contribution in [0.15, 0.2) is 42.5 Å². The summed E-state index contributed by atoms with van der Waals surface area (Å²) >= 11 is 6.11. The molecule has 0 radical (unpaired) electrons. The Kier molecular flexibility index (Phi) is 7.76. The maximum absolute atomic E-state index is 13.8. The molecule has 12 nitrogen and oxygen atoms in total. The van der Waals surface area contributed by atoms with Gasteiger partial charge in [-0.25, -0.2) is 15.0 Å². The molecule has 222 valence electrons. The number of aldehydes is 1. The van der Waals surface area contributed by atoms with Crippen LogP contribution in [0, 0.1) is 5.92 Å². The van der Waals surface area contributed by atoms with Crippen molar-refractivity contribution < 1.29 is 38.0 Å². The lowest BCUT2D eigenvalue weighted by molar-refractivity contribution is -0.148. The predicted octanol–water partition coefficient (Wildman–Crippen LogP) is 4.21. The summed E-state index contributed by atoms with van der Waals surface area (Å²) in [7, 11) is 4.54. The van der Waals surface area contributed by atoms with Crippen LogP contribution in [0.25, 0.3) is 17.2 Å². The highest BCUT2D eigenvalue weighted by molar-refractivity contribution is 6.33. The van der Waals surface area contributed by atoms with Crippen molar-refractivity contribution in [1.29, 1.82) is 0 Å². The maximum Gasteiger partial charge on any atom is 0.314 e. The lowest BCUT2D eigenvalue weighted by Gasteiger charge is -2.32. The Hall–Kier alpha value is -4.84. The van der Waals surface area contributed by atoms with Crippen LogP contribution in [0.2, 0.25) is 5.15 Å². The molecule has 2 aliphatic rings. The van der Waals surface area contributed by atoms with E-state index in [4.69, 9.17) is 40.0 Å². The van der Waals surface area contributed by atoms with E-state index in [-0.39, 0.29) is 24.1 Å². The van der Waals surface area contributed by atoms with Gasteiger partial charge in [-0.2, -0.15) is 0 Å². The first-order chi connectivity index (χ1) is 21.0. The largest absolute Gasteiger partial charge is 0.493 e. The number of nitrogens with zero attached hydrogens (tertiary/aromatic N) is 4. The minimum absolute atomic E-state index is 0.0766. The molecule has 6 rings (SSSR count). The third-order valence-corrected chi connectivity index (χ3v) is 7.78. The molecule has 0 unspecified atom stereocenters. The van der Waals surface area contributed by atoms with Crippen LogP contribution < -0.4 is 23.7 Å². The van der Waals surface area contributed by atoms with Gasteiger partial charge >= 0.3 is 5.97 Å². The van der Waals surface area contributed by atoms with Gasteiger partial charge in [0.2, 0.25) is 12.5 Å². The summed E-state index contributed by atoms with van der Waals surface area (Å²) in [5.74, 6) is 0.155. The van der Waals surface area contributed by atoms with Crippen molar-refractivity contribution in [2.75, 3.05) is 34.7 Å². The van der Waals surface area contributed by atoms with Gasteiger partial charge < -0.3 is 33.0 Å². The van der Waals surface area contributed by atoms with E-state index in [1.54, 1.807) is 30.6 Å². The average molecular weight is 607 g/mol. The number of ether oxygens (including phenoxy) is 6. The smallest absolute Gasteiger partial charge is 0.314 e. The van der Waals surface area contributed by atoms with E-state index in [0.717, 1.165) is 11.1 Å². The predicted molar refractivity (Wildman–Crippen MR) is 154 cm³/mol. The van der Waals surface area contributed by atoms with E-state index in [2.05, 4.69) is 15.0 Å². The fourth-order valence-electron chi connectivity index (χ4n) is 5.55. The highest BCUT2D eigenvalue weighted by Gasteiger charge is 2.41. The number of carbonyl (C=O) groups excluding carboxylic acids is 2. The van der Waals surface area contributed by atoms with Crippen molar-refractivity contribution in [2.24, 2.45) is 5.92 Å². The first kappa shape index (κ1) is 28.3. The Labute approximate surface area is 251 Å². The number of benzene rings is 2. The Morgan fingerprint density at radius 2 is 1.79 bits per heavy atom. The Bertz CT molecular complexity index is 1730. The van der Waals surface area contributed by atoms with E-state index in [1.807, 2.05) is 10.6 Å². The molecule has 43 heavy (non-hydrogen) atoms. The molecule has 4 aromatic rings. The summed E-state index contributed by atoms with van der Waals surface area (Å²) in [5, 5.41) is 0.265. The van der Waals surface area contributed by atoms with Gasteiger partial charge in [-0.1, -0.05) is 11.6 Å². The zero-order valence-electron chi connectivity index (χ0n) is 23.5. The number of esters is 1. The van der Waals surface area contributed by atoms with Crippen molar-refractivity contribution in [3.05, 3.63) is 64.3 Å². The minimum Gasteiger partial charge on any atom is -0.493 e. The second-order valence-electron chi connectivity index (χ2n) is 9.81. The van der Waals surface area contributed by atoms with Gasteiger partial charge in [-0.05, 0) is 53.5 Å². The molecule has 2 atom stereocenters. The molecule has 2 aromatic heterocycles. The van der Waals surface area contributed by atoms with Crippen molar-refractivity contribution in [2.45, 2.75) is 18.9 Å². The van der Waals surface area contributed by atoms with Gasteiger partial charge in [0.25, 0.3) is 0 Å². The SMILES string of the molecule is COc1cc([C@@H]2c3cc4c(cc3C=C(C=O)[C@H]2C(=O)OCCCn2cnc3c(Cl)ncnc32)OCO4)cc(OC)c1OC. The van der Waals surface area contributed by atoms with Crippen LogP contribution in [0.4, 0.5) is 0 Å². The first-order valence-corrected chi connectivity index (χ1v) is 13.7. The highest BCUT2D eigenvalue weighted by Crippen LogP contribution is 2.50. The number of rotatable bonds is 10. The number of carbonyl (C=O) groups is 2. The van der Waals surface area contributed by atoms with Gasteiger partial charge in [0.05, 0.1) is 40.2 Å². The third kappa shape index (κ3) is 5.07. The Balaban J connectivity index is 1.33. The molecule has 0 saturated heterocycles. The quantitative estimate of drug-likeness (QED) is 0.111. The molecule has 0 bridgehead atoms. The number of aromatic nitrogens is 4. The van der Waals surface area contributed by atoms with E-state index in [0.29, 0.717) is 64.7 Å². The van der Waals surface area contributed by atoms with Gasteiger partial charge in [-0.15, -0.1) is 0 Å². The minimum atomic E-state index is -0.964. The lowest BCUT2D eigenvalue weighted by Crippen LogP contribution is -2.31. The van der Waals surface area contributed by atoms with Crippen LogP contribution in [0.5, 0.6) is 28.7 Å². The monoisotopic (exact) mass is 606 g/mol. The summed E-state index contributed by atoms with van der Waals surface area (Å²) < 4.78 is 35.5. The fraction of sp³-hybridized carbons (Fsp3) is 0.300. The lowest BCUT2D eigenvalue weighted by atomic mass is 9.71. The normalized spacial score (nSPS) is 16.8. The summed E-state index contributed by atoms with van der Waals surface area (Å²) in [5.41, 5.74) is 3.49. The maximum atomic E-state index is 13.8. The number of fused-ring (bicyclic) bond motifs is 3. The van der Waals surface area contributed by atoms with E-state index < -0.39 is 17.8 Å². The Morgan fingerprint density at radius 1 is 1.05 bits per heavy atom. The molecule has 1 aliphatic heterocycles. The van der Waals surface area contributed by atoms with Crippen molar-refractivity contribution >= 4 is 41.1 Å². The van der Waals surface area contributed by atoms with Gasteiger partial charge in [0.15, 0.2) is 33.8 Å². The topological polar surface area (TPSA) is 133 Å². The molecule has 0 spiro atoms. The van der Waals surface area contributed by atoms with Crippen LogP contribution >= 0.6 is 11.6 Å². The molecule has 0 fully saturated rings. The zero-order chi connectivity index (χ0) is 30.1. The van der Waals surface area contributed by atoms with E-state index in [9.17, 15) is 9.59 Å². The van der Waals surface area contributed by atoms with Crippen molar-refractivity contribution in [3.63, 3.8) is 0 Å². The standard InChI is InChI=1S/C30H27ClN4O8/c1-38-22-9-17(10-23(39-2)27(22)40-3)24-19-11-21-20(42-15-43-21)8-16(19)7-18(12-36)25(24)30(37)41-6-4-5-35-14-34-26-28(31)32-13-33-29(26)35/h7-14,24-25H,4-6,15H2,1-3H3/t24-,25-/m1/s1. The number of aryl methyl sites for hydroxylation is 1. The second kappa shape index (κ2) is 11.8. The molecular weight excluding hydrogens is 580 g/mol. The molecule has 3 heterocycles. The number of halogens is 1. The average Bonchev–Trinajstić information content (AvgIpc) is 3.67. The Morgan fingerprint density at radius 3 is 2.49 bits per heavy atom. The molecule has 0 amide bonds. The van der Waals surface area contributed by atoms with Gasteiger partial charge in [0, 0.05) is 18.0 Å². The van der Waals surface area contributed by atoms with E-state index in [1.165, 1.54) is 27.7 Å². The fourth-order valence-corrected chi connectivity index (χ4v) is 5.73. The highest BCUT2D eigenvalue weighted by atomic mass is 35.5. The zero-order valence-corrected chi connectivity index (χ0v) is 24.3. The number of imidazole rings is 1. The molecule has 0 saturated carbocycles. The van der Waals surface area contributed by atoms with Crippen LogP contribution in [-0.2, 0) is 20.9 Å². The number of hydrogen-bond acceptors (Lipinski definition) is 11. The van der Waals surface area contributed by atoms with Crippen molar-refractivity contribution in [3.8, 4) is 28.7 Å². The van der Waals surface area contributed by atoms with Crippen LogP contribution in [0.1, 0.15) is 29.0 Å². The molecular formula is C30H27ClN4O8. The summed E-state index contributed by atoms with van der Waals surface area (Å²) in [6.07, 6.45) is 5.82. The van der Waals surface area contributed by atoms with Crippen LogP contribution in [-0.4, -0.2) is 66.5 Å². The third-order valence-electron chi connectivity index (χ3n) is 7.51. The summed E-state index contributed by atoms with van der Waals surface area (Å²) in [6, 6.07) is 7.18. The molecule has 2 aromatic carbocycles. The van der Waals surface area contributed by atoms with Crippen LogP contribution in [0.3, 0.4) is 0 Å². The number of hydrogen-bond donors (Lipinski definition) is 0. The molecule has 1 aliphatic carbocycles. The van der Waals surface area contributed by atoms with E-state index >= 15 is 0 Å². The molecule has 13 heteroatoms. The molecule has 0 N–H and O–H groups in total. The summed E-state index contributed by atoms with van der Waals surface area (Å²) in [4.78, 5) is 38.7. The number of methoxy groups -OCH3 is 3. The van der Waals surface area contributed by atoms with Gasteiger partial charge in [-0.3, -0.25) is 9.59 Å². The second-order valence-corrected chi connectivity index (χ2v) is 10.2. The first-order valence-electron chi connectivity index (χ1n) is 13.4.